The smallest absolute Gasteiger partial charge is 0.264 e. The highest BCUT2D eigenvalue weighted by molar-refractivity contribution is 7.92. The lowest BCUT2D eigenvalue weighted by Gasteiger charge is -2.32. The van der Waals surface area contributed by atoms with Gasteiger partial charge in [-0.25, -0.2) is 8.42 Å². The fraction of sp³-hybridized carbons (Fsp3) is 0.310. The lowest BCUT2D eigenvalue weighted by Crippen LogP contribution is -2.52. The van der Waals surface area contributed by atoms with E-state index in [4.69, 9.17) is 27.9 Å². The second-order valence-corrected chi connectivity index (χ2v) is 12.0. The van der Waals surface area contributed by atoms with Crippen LogP contribution >= 0.6 is 23.2 Å². The lowest BCUT2D eigenvalue weighted by atomic mass is 10.1. The van der Waals surface area contributed by atoms with E-state index in [1.54, 1.807) is 56.5 Å². The van der Waals surface area contributed by atoms with Gasteiger partial charge < -0.3 is 15.0 Å². The van der Waals surface area contributed by atoms with Crippen LogP contribution in [0.5, 0.6) is 5.75 Å². The maximum Gasteiger partial charge on any atom is 0.264 e. The van der Waals surface area contributed by atoms with Crippen LogP contribution in [0.1, 0.15) is 32.8 Å². The van der Waals surface area contributed by atoms with E-state index in [1.165, 1.54) is 35.2 Å². The number of hydrogen-bond acceptors (Lipinski definition) is 5. The maximum atomic E-state index is 13.9. The normalized spacial score (nSPS) is 12.8. The highest BCUT2D eigenvalue weighted by Gasteiger charge is 2.33. The third-order valence-electron chi connectivity index (χ3n) is 6.46. The average molecular weight is 607 g/mol. The molecule has 214 valence electrons. The van der Waals surface area contributed by atoms with Crippen LogP contribution < -0.4 is 14.4 Å². The van der Waals surface area contributed by atoms with Gasteiger partial charge in [0.05, 0.1) is 17.7 Å². The topological polar surface area (TPSA) is 96.0 Å². The van der Waals surface area contributed by atoms with Gasteiger partial charge in [-0.1, -0.05) is 48.3 Å². The number of ether oxygens (including phenoxy) is 1. The molecule has 3 aromatic rings. The van der Waals surface area contributed by atoms with Crippen LogP contribution in [0.4, 0.5) is 5.69 Å². The summed E-state index contributed by atoms with van der Waals surface area (Å²) >= 11 is 12.2. The number of amides is 2. The van der Waals surface area contributed by atoms with Crippen molar-refractivity contribution in [3.63, 3.8) is 0 Å². The van der Waals surface area contributed by atoms with E-state index in [2.05, 4.69) is 5.32 Å². The van der Waals surface area contributed by atoms with Crippen molar-refractivity contribution in [2.24, 2.45) is 0 Å². The number of sulfonamides is 1. The molecule has 0 fully saturated rings. The number of rotatable bonds is 12. The number of methoxy groups -OCH3 is 1. The number of benzene rings is 3. The van der Waals surface area contributed by atoms with Gasteiger partial charge in [-0.05, 0) is 80.4 Å². The van der Waals surface area contributed by atoms with Crippen LogP contribution in [0.3, 0.4) is 0 Å². The second kappa shape index (κ2) is 13.9. The van der Waals surface area contributed by atoms with Gasteiger partial charge in [-0.15, -0.1) is 0 Å². The van der Waals surface area contributed by atoms with E-state index in [0.29, 0.717) is 22.2 Å². The Kier molecular flexibility index (Phi) is 10.8. The first kappa shape index (κ1) is 31.3. The Morgan fingerprint density at radius 1 is 0.950 bits per heavy atom. The van der Waals surface area contributed by atoms with Crippen LogP contribution in [-0.2, 0) is 26.2 Å². The summed E-state index contributed by atoms with van der Waals surface area (Å²) in [4.78, 5) is 28.4. The number of nitrogens with one attached hydrogen (secondary N) is 1. The third kappa shape index (κ3) is 7.90. The number of nitrogens with zero attached hydrogens (tertiary/aromatic N) is 2. The molecular formula is C29H33Cl2N3O5S. The van der Waals surface area contributed by atoms with Crippen molar-refractivity contribution in [2.75, 3.05) is 18.0 Å². The van der Waals surface area contributed by atoms with Crippen molar-refractivity contribution >= 4 is 50.7 Å². The van der Waals surface area contributed by atoms with Gasteiger partial charge >= 0.3 is 0 Å². The van der Waals surface area contributed by atoms with Crippen LogP contribution in [0.15, 0.2) is 77.7 Å². The SMILES string of the molecule is CCC(C)NC(=O)C(C)N(Cc1ccc(OC)cc1)C(=O)CN(c1cccc(Cl)c1)S(=O)(=O)c1ccc(Cl)cc1. The van der Waals surface area contributed by atoms with Gasteiger partial charge in [0, 0.05) is 22.6 Å². The molecule has 11 heteroatoms. The zero-order valence-corrected chi connectivity index (χ0v) is 25.1. The minimum atomic E-state index is -4.22. The Labute approximate surface area is 245 Å². The molecule has 0 saturated carbocycles. The van der Waals surface area contributed by atoms with E-state index in [-0.39, 0.29) is 29.1 Å². The van der Waals surface area contributed by atoms with Crippen LogP contribution in [0.25, 0.3) is 0 Å². The molecule has 0 bridgehead atoms. The van der Waals surface area contributed by atoms with Crippen LogP contribution in [0, 0.1) is 0 Å². The molecule has 0 aromatic heterocycles. The molecule has 8 nitrogen and oxygen atoms in total. The van der Waals surface area contributed by atoms with Gasteiger partial charge in [-0.2, -0.15) is 0 Å². The molecule has 2 amide bonds. The van der Waals surface area contributed by atoms with Crippen LogP contribution in [0.2, 0.25) is 10.0 Å². The Morgan fingerprint density at radius 2 is 1.60 bits per heavy atom. The predicted octanol–water partition coefficient (Wildman–Crippen LogP) is 5.53. The summed E-state index contributed by atoms with van der Waals surface area (Å²) in [6.45, 7) is 4.95. The Hall–Kier alpha value is -3.27. The first-order valence-electron chi connectivity index (χ1n) is 12.7. The van der Waals surface area contributed by atoms with E-state index >= 15 is 0 Å². The number of anilines is 1. The van der Waals surface area contributed by atoms with E-state index in [9.17, 15) is 18.0 Å². The van der Waals surface area contributed by atoms with Crippen LogP contribution in [-0.4, -0.2) is 50.9 Å². The highest BCUT2D eigenvalue weighted by Crippen LogP contribution is 2.27. The molecule has 0 aliphatic rings. The van der Waals surface area contributed by atoms with Crippen molar-refractivity contribution in [3.8, 4) is 5.75 Å². The molecule has 1 N–H and O–H groups in total. The van der Waals surface area contributed by atoms with Crippen molar-refractivity contribution in [3.05, 3.63) is 88.4 Å². The Morgan fingerprint density at radius 3 is 2.17 bits per heavy atom. The van der Waals surface area contributed by atoms with E-state index in [1.807, 2.05) is 13.8 Å². The average Bonchev–Trinajstić information content (AvgIpc) is 2.94. The molecule has 2 atom stereocenters. The summed E-state index contributed by atoms with van der Waals surface area (Å²) in [6.07, 6.45) is 0.715. The third-order valence-corrected chi connectivity index (χ3v) is 8.73. The maximum absolute atomic E-state index is 13.9. The molecule has 40 heavy (non-hydrogen) atoms. The summed E-state index contributed by atoms with van der Waals surface area (Å²) in [7, 11) is -2.66. The molecule has 3 aromatic carbocycles. The number of carbonyl (C=O) groups is 2. The monoisotopic (exact) mass is 605 g/mol. The summed E-state index contributed by atoms with van der Waals surface area (Å²) in [5.41, 5.74) is 0.948. The highest BCUT2D eigenvalue weighted by atomic mass is 35.5. The van der Waals surface area contributed by atoms with Crippen molar-refractivity contribution in [2.45, 2.75) is 50.7 Å². The van der Waals surface area contributed by atoms with Gasteiger partial charge in [0.2, 0.25) is 11.8 Å². The fourth-order valence-corrected chi connectivity index (χ4v) is 5.59. The molecule has 0 radical (unpaired) electrons. The largest absolute Gasteiger partial charge is 0.497 e. The molecule has 0 aliphatic heterocycles. The molecule has 3 rings (SSSR count). The summed E-state index contributed by atoms with van der Waals surface area (Å²) in [5, 5.41) is 3.58. The van der Waals surface area contributed by atoms with E-state index < -0.39 is 28.5 Å². The predicted molar refractivity (Wildman–Crippen MR) is 158 cm³/mol. The number of carbonyl (C=O) groups excluding carboxylic acids is 2. The van der Waals surface area contributed by atoms with Gasteiger partial charge in [0.15, 0.2) is 0 Å². The van der Waals surface area contributed by atoms with Crippen molar-refractivity contribution in [1.29, 1.82) is 0 Å². The molecule has 0 heterocycles. The Balaban J connectivity index is 2.02. The summed E-state index contributed by atoms with van der Waals surface area (Å²) in [5.74, 6) is -0.267. The van der Waals surface area contributed by atoms with E-state index in [0.717, 1.165) is 9.87 Å². The first-order valence-corrected chi connectivity index (χ1v) is 14.9. The second-order valence-electron chi connectivity index (χ2n) is 9.31. The standard InChI is InChI=1S/C29H33Cl2N3O5S/c1-5-20(2)32-29(36)21(3)33(18-22-9-13-26(39-4)14-10-22)28(35)19-34(25-8-6-7-24(31)17-25)40(37,38)27-15-11-23(30)12-16-27/h6-17,20-21H,5,18-19H2,1-4H3,(H,32,36). The Bertz CT molecular complexity index is 1420. The number of halogens is 2. The molecular weight excluding hydrogens is 573 g/mol. The van der Waals surface area contributed by atoms with Gasteiger partial charge in [-0.3, -0.25) is 13.9 Å². The molecule has 2 unspecified atom stereocenters. The van der Waals surface area contributed by atoms with Gasteiger partial charge in [0.25, 0.3) is 10.0 Å². The fourth-order valence-electron chi connectivity index (χ4n) is 3.87. The lowest BCUT2D eigenvalue weighted by molar-refractivity contribution is -0.139. The number of hydrogen-bond donors (Lipinski definition) is 1. The molecule has 0 aliphatic carbocycles. The van der Waals surface area contributed by atoms with Gasteiger partial charge in [0.1, 0.15) is 18.3 Å². The summed E-state index contributed by atoms with van der Waals surface area (Å²) in [6, 6.07) is 18.0. The molecule has 0 spiro atoms. The van der Waals surface area contributed by atoms with Crippen molar-refractivity contribution in [1.82, 2.24) is 10.2 Å². The molecule has 0 saturated heterocycles. The zero-order valence-electron chi connectivity index (χ0n) is 22.8. The van der Waals surface area contributed by atoms with Crippen molar-refractivity contribution < 1.29 is 22.7 Å². The quantitative estimate of drug-likeness (QED) is 0.293. The zero-order chi connectivity index (χ0) is 29.4. The first-order chi connectivity index (χ1) is 19.0. The summed E-state index contributed by atoms with van der Waals surface area (Å²) < 4.78 is 33.8. The minimum Gasteiger partial charge on any atom is -0.497 e. The minimum absolute atomic E-state index is 0.0473.